The van der Waals surface area contributed by atoms with Gasteiger partial charge in [-0.05, 0) is 36.1 Å². The zero-order chi connectivity index (χ0) is 16.8. The number of carboxylic acid groups (broad SMARTS) is 1. The first-order valence-corrected chi connectivity index (χ1v) is 7.57. The number of hydrogen-bond acceptors (Lipinski definition) is 3. The van der Waals surface area contributed by atoms with Crippen molar-refractivity contribution in [3.8, 4) is 5.69 Å². The van der Waals surface area contributed by atoms with Gasteiger partial charge in [-0.15, -0.1) is 0 Å². The van der Waals surface area contributed by atoms with Gasteiger partial charge in [-0.3, -0.25) is 4.79 Å². The molecule has 1 amide bonds. The molecule has 1 atom stereocenters. The summed E-state index contributed by atoms with van der Waals surface area (Å²) in [7, 11) is 0. The number of carboxylic acids is 1. The highest BCUT2D eigenvalue weighted by atomic mass is 16.4. The van der Waals surface area contributed by atoms with E-state index in [0.717, 1.165) is 11.3 Å². The molecule has 0 aliphatic heterocycles. The first kappa shape index (κ1) is 16.7. The molecule has 1 aromatic carbocycles. The highest BCUT2D eigenvalue weighted by Crippen LogP contribution is 2.10. The van der Waals surface area contributed by atoms with Crippen molar-refractivity contribution in [1.82, 2.24) is 15.1 Å². The van der Waals surface area contributed by atoms with Crippen molar-refractivity contribution >= 4 is 11.9 Å². The number of amides is 1. The Morgan fingerprint density at radius 1 is 1.26 bits per heavy atom. The molecule has 6 heteroatoms. The monoisotopic (exact) mass is 315 g/mol. The van der Waals surface area contributed by atoms with Crippen molar-refractivity contribution in [3.63, 3.8) is 0 Å². The second-order valence-corrected chi connectivity index (χ2v) is 5.88. The normalized spacial score (nSPS) is 12.1. The van der Waals surface area contributed by atoms with E-state index >= 15 is 0 Å². The molecule has 0 fully saturated rings. The zero-order valence-electron chi connectivity index (χ0n) is 13.3. The van der Waals surface area contributed by atoms with Gasteiger partial charge in [0.15, 0.2) is 0 Å². The molecule has 0 aliphatic rings. The van der Waals surface area contributed by atoms with Crippen LogP contribution in [0.3, 0.4) is 0 Å². The van der Waals surface area contributed by atoms with E-state index in [1.807, 2.05) is 50.4 Å². The van der Waals surface area contributed by atoms with Crippen molar-refractivity contribution in [1.29, 1.82) is 0 Å². The Bertz CT molecular complexity index is 648. The molecule has 23 heavy (non-hydrogen) atoms. The molecular formula is C17H21N3O3. The third-order valence-electron chi connectivity index (χ3n) is 3.41. The molecular weight excluding hydrogens is 294 g/mol. The lowest BCUT2D eigenvalue weighted by atomic mass is 10.0. The predicted octanol–water partition coefficient (Wildman–Crippen LogP) is 2.03. The molecule has 2 N–H and O–H groups in total. The molecule has 0 aliphatic carbocycles. The molecule has 1 heterocycles. The maximum atomic E-state index is 12.0. The number of carbonyl (C=O) groups is 2. The summed E-state index contributed by atoms with van der Waals surface area (Å²) in [6.07, 6.45) is 4.10. The molecule has 0 saturated carbocycles. The third kappa shape index (κ3) is 4.95. The minimum Gasteiger partial charge on any atom is -0.480 e. The standard InChI is InChI=1S/C17H21N3O3/c1-12(2)10-15(17(22)23)19-16(21)11-13-4-6-14(7-5-13)20-9-3-8-18-20/h3-9,12,15H,10-11H2,1-2H3,(H,19,21)(H,22,23)/t15-/m0/s1. The van der Waals surface area contributed by atoms with E-state index in [0.29, 0.717) is 6.42 Å². The summed E-state index contributed by atoms with van der Waals surface area (Å²) in [5, 5.41) is 15.9. The SMILES string of the molecule is CC(C)C[C@H](NC(=O)Cc1ccc(-n2cccn2)cc1)C(=O)O. The fourth-order valence-corrected chi connectivity index (χ4v) is 2.31. The van der Waals surface area contributed by atoms with Crippen molar-refractivity contribution in [3.05, 3.63) is 48.3 Å². The molecule has 0 saturated heterocycles. The minimum atomic E-state index is -0.999. The van der Waals surface area contributed by atoms with E-state index in [9.17, 15) is 9.59 Å². The molecule has 122 valence electrons. The van der Waals surface area contributed by atoms with Gasteiger partial charge < -0.3 is 10.4 Å². The summed E-state index contributed by atoms with van der Waals surface area (Å²) in [6.45, 7) is 3.85. The lowest BCUT2D eigenvalue weighted by Gasteiger charge is -2.16. The van der Waals surface area contributed by atoms with Crippen molar-refractivity contribution in [2.45, 2.75) is 32.7 Å². The molecule has 2 rings (SSSR count). The molecule has 6 nitrogen and oxygen atoms in total. The molecule has 0 unspecified atom stereocenters. The van der Waals surface area contributed by atoms with E-state index in [-0.39, 0.29) is 18.2 Å². The van der Waals surface area contributed by atoms with Crippen molar-refractivity contribution in [2.75, 3.05) is 0 Å². The summed E-state index contributed by atoms with van der Waals surface area (Å²) in [6, 6.07) is 8.42. The maximum Gasteiger partial charge on any atom is 0.326 e. The largest absolute Gasteiger partial charge is 0.480 e. The summed E-state index contributed by atoms with van der Waals surface area (Å²) in [4.78, 5) is 23.2. The smallest absolute Gasteiger partial charge is 0.326 e. The third-order valence-corrected chi connectivity index (χ3v) is 3.41. The number of aromatic nitrogens is 2. The first-order chi connectivity index (χ1) is 11.0. The second-order valence-electron chi connectivity index (χ2n) is 5.88. The Kier molecular flexibility index (Phi) is 5.51. The van der Waals surface area contributed by atoms with Gasteiger partial charge >= 0.3 is 5.97 Å². The number of nitrogens with one attached hydrogen (secondary N) is 1. The summed E-state index contributed by atoms with van der Waals surface area (Å²) < 4.78 is 1.73. The highest BCUT2D eigenvalue weighted by Gasteiger charge is 2.20. The quantitative estimate of drug-likeness (QED) is 0.819. The fourth-order valence-electron chi connectivity index (χ4n) is 2.31. The number of nitrogens with zero attached hydrogens (tertiary/aromatic N) is 2. The van der Waals surface area contributed by atoms with Gasteiger partial charge in [0.05, 0.1) is 12.1 Å². The van der Waals surface area contributed by atoms with E-state index < -0.39 is 12.0 Å². The number of benzene rings is 1. The zero-order valence-corrected chi connectivity index (χ0v) is 13.3. The molecule has 1 aromatic heterocycles. The van der Waals surface area contributed by atoms with E-state index in [1.54, 1.807) is 10.9 Å². The van der Waals surface area contributed by atoms with Crippen LogP contribution in [0.2, 0.25) is 0 Å². The Morgan fingerprint density at radius 3 is 2.48 bits per heavy atom. The van der Waals surface area contributed by atoms with Crippen LogP contribution in [0.1, 0.15) is 25.8 Å². The van der Waals surface area contributed by atoms with Crippen molar-refractivity contribution in [2.24, 2.45) is 5.92 Å². The maximum absolute atomic E-state index is 12.0. The number of rotatable bonds is 7. The fraction of sp³-hybridized carbons (Fsp3) is 0.353. The highest BCUT2D eigenvalue weighted by molar-refractivity contribution is 5.84. The Labute approximate surface area is 135 Å². The van der Waals surface area contributed by atoms with Crippen LogP contribution in [0.25, 0.3) is 5.69 Å². The van der Waals surface area contributed by atoms with Crippen LogP contribution in [0, 0.1) is 5.92 Å². The number of aliphatic carboxylic acids is 1. The lowest BCUT2D eigenvalue weighted by Crippen LogP contribution is -2.42. The van der Waals surface area contributed by atoms with Gasteiger partial charge in [0.1, 0.15) is 6.04 Å². The van der Waals surface area contributed by atoms with Gasteiger partial charge in [0.25, 0.3) is 0 Å². The topological polar surface area (TPSA) is 84.2 Å². The molecule has 0 spiro atoms. The van der Waals surface area contributed by atoms with E-state index in [4.69, 9.17) is 5.11 Å². The summed E-state index contributed by atoms with van der Waals surface area (Å²) >= 11 is 0. The average Bonchev–Trinajstić information content (AvgIpc) is 3.01. The molecule has 0 bridgehead atoms. The molecule has 2 aromatic rings. The van der Waals surface area contributed by atoms with Crippen molar-refractivity contribution < 1.29 is 14.7 Å². The van der Waals surface area contributed by atoms with Crippen LogP contribution in [-0.4, -0.2) is 32.8 Å². The Hall–Kier alpha value is -2.63. The number of carbonyl (C=O) groups excluding carboxylic acids is 1. The van der Waals surface area contributed by atoms with Crippen LogP contribution in [0.15, 0.2) is 42.7 Å². The van der Waals surface area contributed by atoms with Gasteiger partial charge in [0.2, 0.25) is 5.91 Å². The van der Waals surface area contributed by atoms with Gasteiger partial charge in [0, 0.05) is 12.4 Å². The Morgan fingerprint density at radius 2 is 1.96 bits per heavy atom. The Balaban J connectivity index is 1.95. The van der Waals surface area contributed by atoms with Crippen LogP contribution < -0.4 is 5.32 Å². The molecule has 0 radical (unpaired) electrons. The second kappa shape index (κ2) is 7.58. The summed E-state index contributed by atoms with van der Waals surface area (Å²) in [5.41, 5.74) is 1.73. The minimum absolute atomic E-state index is 0.154. The van der Waals surface area contributed by atoms with Gasteiger partial charge in [-0.1, -0.05) is 26.0 Å². The van der Waals surface area contributed by atoms with Gasteiger partial charge in [-0.25, -0.2) is 9.48 Å². The lowest BCUT2D eigenvalue weighted by molar-refractivity contribution is -0.142. The number of hydrogen-bond donors (Lipinski definition) is 2. The van der Waals surface area contributed by atoms with Crippen LogP contribution in [0.5, 0.6) is 0 Å². The van der Waals surface area contributed by atoms with Crippen LogP contribution in [0.4, 0.5) is 0 Å². The predicted molar refractivity (Wildman–Crippen MR) is 86.3 cm³/mol. The van der Waals surface area contributed by atoms with Crippen LogP contribution in [-0.2, 0) is 16.0 Å². The summed E-state index contributed by atoms with van der Waals surface area (Å²) in [5.74, 6) is -1.09. The van der Waals surface area contributed by atoms with Gasteiger partial charge in [-0.2, -0.15) is 5.10 Å². The average molecular weight is 315 g/mol. The van der Waals surface area contributed by atoms with E-state index in [1.165, 1.54) is 0 Å². The first-order valence-electron chi connectivity index (χ1n) is 7.57. The van der Waals surface area contributed by atoms with E-state index in [2.05, 4.69) is 10.4 Å². The van der Waals surface area contributed by atoms with Crippen LogP contribution >= 0.6 is 0 Å².